The number of hydrogen-bond acceptors (Lipinski definition) is 3. The van der Waals surface area contributed by atoms with Gasteiger partial charge in [0.1, 0.15) is 0 Å². The van der Waals surface area contributed by atoms with Crippen LogP contribution in [0.15, 0.2) is 29.4 Å². The van der Waals surface area contributed by atoms with Gasteiger partial charge in [0.25, 0.3) is 11.6 Å². The highest BCUT2D eigenvalue weighted by Crippen LogP contribution is 2.40. The summed E-state index contributed by atoms with van der Waals surface area (Å²) in [5.41, 5.74) is -2.46. The molecule has 0 saturated heterocycles. The third-order valence-electron chi connectivity index (χ3n) is 3.03. The quantitative estimate of drug-likeness (QED) is 0.862. The molecular weight excluding hydrogens is 273 g/mol. The Labute approximate surface area is 113 Å². The second kappa shape index (κ2) is 4.59. The van der Waals surface area contributed by atoms with Crippen molar-refractivity contribution < 1.29 is 23.1 Å². The molecule has 1 aliphatic rings. The second-order valence-corrected chi connectivity index (χ2v) is 4.81. The number of hydrazone groups is 1. The third kappa shape index (κ3) is 2.29. The average Bonchev–Trinajstić information content (AvgIpc) is 2.64. The summed E-state index contributed by atoms with van der Waals surface area (Å²) in [6.07, 6.45) is -5.72. The van der Waals surface area contributed by atoms with Gasteiger partial charge in [0, 0.05) is 17.7 Å². The van der Waals surface area contributed by atoms with Gasteiger partial charge in [-0.15, -0.1) is 0 Å². The molecule has 0 aliphatic carbocycles. The molecule has 0 aromatic heterocycles. The van der Waals surface area contributed by atoms with Crippen molar-refractivity contribution in [3.8, 4) is 0 Å². The zero-order valence-electron chi connectivity index (χ0n) is 10.9. The topological polar surface area (TPSA) is 52.9 Å². The minimum absolute atomic E-state index is 0.0471. The van der Waals surface area contributed by atoms with E-state index in [1.165, 1.54) is 19.1 Å². The van der Waals surface area contributed by atoms with Crippen molar-refractivity contribution in [1.82, 2.24) is 5.01 Å². The molecule has 7 heteroatoms. The Morgan fingerprint density at radius 2 is 2.05 bits per heavy atom. The van der Waals surface area contributed by atoms with E-state index < -0.39 is 24.2 Å². The first kappa shape index (κ1) is 14.5. The van der Waals surface area contributed by atoms with Gasteiger partial charge in [-0.2, -0.15) is 23.3 Å². The number of amides is 1. The Morgan fingerprint density at radius 1 is 1.40 bits per heavy atom. The van der Waals surface area contributed by atoms with E-state index >= 15 is 0 Å². The molecule has 1 aliphatic heterocycles. The van der Waals surface area contributed by atoms with E-state index in [2.05, 4.69) is 5.10 Å². The fourth-order valence-electron chi connectivity index (χ4n) is 2.05. The first-order chi connectivity index (χ1) is 9.15. The normalized spacial score (nSPS) is 22.9. The van der Waals surface area contributed by atoms with Crippen molar-refractivity contribution in [3.63, 3.8) is 0 Å². The highest BCUT2D eigenvalue weighted by atomic mass is 19.4. The van der Waals surface area contributed by atoms with Gasteiger partial charge in [0.2, 0.25) is 0 Å². The summed E-state index contributed by atoms with van der Waals surface area (Å²) in [6.45, 7) is 3.05. The highest BCUT2D eigenvalue weighted by molar-refractivity contribution is 5.98. The van der Waals surface area contributed by atoms with Crippen LogP contribution >= 0.6 is 0 Å². The van der Waals surface area contributed by atoms with Gasteiger partial charge >= 0.3 is 6.18 Å². The number of nitrogens with zero attached hydrogens (tertiary/aromatic N) is 2. The molecule has 20 heavy (non-hydrogen) atoms. The molecule has 2 rings (SSSR count). The number of carbonyl (C=O) groups excluding carboxylic acids is 1. The summed E-state index contributed by atoms with van der Waals surface area (Å²) in [7, 11) is 0. The van der Waals surface area contributed by atoms with Gasteiger partial charge in [-0.25, -0.2) is 0 Å². The minimum Gasteiger partial charge on any atom is -0.362 e. The van der Waals surface area contributed by atoms with Gasteiger partial charge in [-0.3, -0.25) is 4.79 Å². The maximum atomic E-state index is 13.0. The predicted molar refractivity (Wildman–Crippen MR) is 66.1 cm³/mol. The van der Waals surface area contributed by atoms with Crippen LogP contribution in [0.1, 0.15) is 29.3 Å². The Hall–Kier alpha value is -1.89. The van der Waals surface area contributed by atoms with Crippen LogP contribution in [0.2, 0.25) is 0 Å². The third-order valence-corrected chi connectivity index (χ3v) is 3.03. The van der Waals surface area contributed by atoms with Crippen LogP contribution in [0.3, 0.4) is 0 Å². The number of alkyl halides is 3. The Bertz CT molecular complexity index is 583. The molecule has 1 heterocycles. The van der Waals surface area contributed by atoms with Crippen molar-refractivity contribution in [3.05, 3.63) is 35.4 Å². The van der Waals surface area contributed by atoms with Gasteiger partial charge in [-0.05, 0) is 26.0 Å². The summed E-state index contributed by atoms with van der Waals surface area (Å²) in [4.78, 5) is 12.2. The summed E-state index contributed by atoms with van der Waals surface area (Å²) in [5.74, 6) is -0.981. The largest absolute Gasteiger partial charge is 0.438 e. The number of carbonyl (C=O) groups is 1. The standard InChI is InChI=1S/C13H13F3N2O2/c1-8-4-3-5-10(6-8)11(19)18-12(20,13(14,15)16)7-9(2)17-18/h3-6,20H,7H2,1-2H3/t12-/m1/s1. The lowest BCUT2D eigenvalue weighted by atomic mass is 10.1. The number of rotatable bonds is 1. The van der Waals surface area contributed by atoms with Crippen LogP contribution in [-0.2, 0) is 0 Å². The maximum Gasteiger partial charge on any atom is 0.438 e. The molecule has 1 aromatic rings. The molecule has 0 unspecified atom stereocenters. The molecule has 1 aromatic carbocycles. The Kier molecular flexibility index (Phi) is 3.33. The van der Waals surface area contributed by atoms with E-state index in [0.717, 1.165) is 5.56 Å². The lowest BCUT2D eigenvalue weighted by molar-refractivity contribution is -0.297. The number of aryl methyl sites for hydroxylation is 1. The molecule has 1 amide bonds. The van der Waals surface area contributed by atoms with Gasteiger partial charge in [0.05, 0.1) is 0 Å². The molecule has 0 spiro atoms. The van der Waals surface area contributed by atoms with Gasteiger partial charge in [-0.1, -0.05) is 17.7 Å². The first-order valence-electron chi connectivity index (χ1n) is 5.89. The van der Waals surface area contributed by atoms with Crippen LogP contribution in [0.25, 0.3) is 0 Å². The lowest BCUT2D eigenvalue weighted by Crippen LogP contribution is -2.56. The SMILES string of the molecule is CC1=NN(C(=O)c2cccc(C)c2)[C@](O)(C(F)(F)F)C1. The van der Waals surface area contributed by atoms with E-state index in [-0.39, 0.29) is 16.3 Å². The zero-order valence-corrected chi connectivity index (χ0v) is 10.9. The van der Waals surface area contributed by atoms with E-state index in [0.29, 0.717) is 0 Å². The van der Waals surface area contributed by atoms with E-state index in [9.17, 15) is 23.1 Å². The summed E-state index contributed by atoms with van der Waals surface area (Å²) >= 11 is 0. The predicted octanol–water partition coefficient (Wildman–Crippen LogP) is 2.47. The van der Waals surface area contributed by atoms with Crippen molar-refractivity contribution in [1.29, 1.82) is 0 Å². The average molecular weight is 286 g/mol. The first-order valence-corrected chi connectivity index (χ1v) is 5.89. The molecule has 108 valence electrons. The van der Waals surface area contributed by atoms with Gasteiger partial charge in [0.15, 0.2) is 0 Å². The number of hydrogen-bond donors (Lipinski definition) is 1. The fraction of sp³-hybridized carbons (Fsp3) is 0.385. The number of aliphatic hydroxyl groups is 1. The van der Waals surface area contributed by atoms with Crippen molar-refractivity contribution in [2.75, 3.05) is 0 Å². The summed E-state index contributed by atoms with van der Waals surface area (Å²) in [5, 5.41) is 13.5. The Balaban J connectivity index is 2.42. The van der Waals surface area contributed by atoms with E-state index in [4.69, 9.17) is 0 Å². The molecule has 0 fully saturated rings. The fourth-order valence-corrected chi connectivity index (χ4v) is 2.05. The van der Waals surface area contributed by atoms with Crippen LogP contribution in [-0.4, -0.2) is 33.6 Å². The molecule has 4 nitrogen and oxygen atoms in total. The molecular formula is C13H13F3N2O2. The maximum absolute atomic E-state index is 13.0. The lowest BCUT2D eigenvalue weighted by Gasteiger charge is -2.32. The molecule has 1 N–H and O–H groups in total. The van der Waals surface area contributed by atoms with Crippen molar-refractivity contribution in [2.24, 2.45) is 5.10 Å². The monoisotopic (exact) mass is 286 g/mol. The summed E-state index contributed by atoms with van der Waals surface area (Å²) in [6, 6.07) is 6.10. The van der Waals surface area contributed by atoms with Gasteiger partial charge < -0.3 is 5.11 Å². The number of halogens is 3. The molecule has 1 atom stereocenters. The van der Waals surface area contributed by atoms with Crippen LogP contribution in [0.4, 0.5) is 13.2 Å². The highest BCUT2D eigenvalue weighted by Gasteiger charge is 2.62. The minimum atomic E-state index is -4.98. The smallest absolute Gasteiger partial charge is 0.362 e. The van der Waals surface area contributed by atoms with E-state index in [1.807, 2.05) is 0 Å². The molecule has 0 radical (unpaired) electrons. The Morgan fingerprint density at radius 3 is 2.60 bits per heavy atom. The zero-order chi connectivity index (χ0) is 15.1. The number of benzene rings is 1. The van der Waals surface area contributed by atoms with Crippen LogP contribution < -0.4 is 0 Å². The van der Waals surface area contributed by atoms with Crippen LogP contribution in [0.5, 0.6) is 0 Å². The van der Waals surface area contributed by atoms with Crippen LogP contribution in [0, 0.1) is 6.92 Å². The van der Waals surface area contributed by atoms with Crippen molar-refractivity contribution >= 4 is 11.6 Å². The molecule has 0 bridgehead atoms. The second-order valence-electron chi connectivity index (χ2n) is 4.81. The summed E-state index contributed by atoms with van der Waals surface area (Å²) < 4.78 is 39.0. The molecule has 0 saturated carbocycles. The van der Waals surface area contributed by atoms with Crippen molar-refractivity contribution in [2.45, 2.75) is 32.2 Å². The van der Waals surface area contributed by atoms with E-state index in [1.54, 1.807) is 19.1 Å².